The molecule has 2 fully saturated rings. The van der Waals surface area contributed by atoms with Crippen LogP contribution < -0.4 is 5.32 Å². The van der Waals surface area contributed by atoms with E-state index < -0.39 is 0 Å². The van der Waals surface area contributed by atoms with Gasteiger partial charge in [-0.2, -0.15) is 0 Å². The van der Waals surface area contributed by atoms with Crippen molar-refractivity contribution in [1.29, 1.82) is 0 Å². The summed E-state index contributed by atoms with van der Waals surface area (Å²) in [5.41, 5.74) is 1.16. The van der Waals surface area contributed by atoms with E-state index >= 15 is 0 Å². The van der Waals surface area contributed by atoms with E-state index in [2.05, 4.69) is 5.32 Å². The van der Waals surface area contributed by atoms with Crippen LogP contribution in [0.3, 0.4) is 0 Å². The minimum absolute atomic E-state index is 0.158. The Kier molecular flexibility index (Phi) is 5.31. The lowest BCUT2D eigenvalue weighted by Crippen LogP contribution is -2.31. The van der Waals surface area contributed by atoms with Crippen molar-refractivity contribution in [1.82, 2.24) is 10.2 Å². The second-order valence-electron chi connectivity index (χ2n) is 6.99. The number of hydrogen-bond donors (Lipinski definition) is 1. The molecule has 0 aromatic heterocycles. The lowest BCUT2D eigenvalue weighted by molar-refractivity contribution is -0.128. The van der Waals surface area contributed by atoms with Gasteiger partial charge in [0.2, 0.25) is 11.8 Å². The third-order valence-corrected chi connectivity index (χ3v) is 5.05. The third-order valence-electron chi connectivity index (χ3n) is 5.05. The van der Waals surface area contributed by atoms with Crippen LogP contribution in [0.5, 0.6) is 0 Å². The van der Waals surface area contributed by atoms with E-state index in [0.29, 0.717) is 31.8 Å². The molecular weight excluding hydrogens is 288 g/mol. The fraction of sp³-hybridized carbons (Fsp3) is 0.579. The van der Waals surface area contributed by atoms with E-state index in [1.54, 1.807) is 0 Å². The Morgan fingerprint density at radius 2 is 1.87 bits per heavy atom. The van der Waals surface area contributed by atoms with E-state index in [9.17, 15) is 9.59 Å². The van der Waals surface area contributed by atoms with E-state index in [4.69, 9.17) is 0 Å². The van der Waals surface area contributed by atoms with Gasteiger partial charge in [0.25, 0.3) is 0 Å². The second kappa shape index (κ2) is 7.62. The molecule has 2 amide bonds. The van der Waals surface area contributed by atoms with Crippen LogP contribution in [0.4, 0.5) is 0 Å². The van der Waals surface area contributed by atoms with Crippen molar-refractivity contribution in [3.63, 3.8) is 0 Å². The zero-order valence-corrected chi connectivity index (χ0v) is 13.7. The minimum Gasteiger partial charge on any atom is -0.356 e. The average molecular weight is 314 g/mol. The summed E-state index contributed by atoms with van der Waals surface area (Å²) in [7, 11) is 0. The van der Waals surface area contributed by atoms with Gasteiger partial charge in [0, 0.05) is 38.4 Å². The predicted molar refractivity (Wildman–Crippen MR) is 89.6 cm³/mol. The number of amides is 2. The molecule has 4 heteroatoms. The second-order valence-corrected chi connectivity index (χ2v) is 6.99. The normalized spacial score (nSPS) is 21.8. The highest BCUT2D eigenvalue weighted by atomic mass is 16.2. The number of carbonyl (C=O) groups is 2. The molecule has 3 rings (SSSR count). The van der Waals surface area contributed by atoms with Gasteiger partial charge in [0.1, 0.15) is 0 Å². The average Bonchev–Trinajstić information content (AvgIpc) is 3.17. The van der Waals surface area contributed by atoms with Gasteiger partial charge in [-0.3, -0.25) is 9.59 Å². The lowest BCUT2D eigenvalue weighted by atomic mass is 10.0. The van der Waals surface area contributed by atoms with Crippen molar-refractivity contribution >= 4 is 11.8 Å². The van der Waals surface area contributed by atoms with Crippen molar-refractivity contribution in [2.45, 2.75) is 45.1 Å². The molecule has 0 radical (unpaired) electrons. The smallest absolute Gasteiger partial charge is 0.223 e. The summed E-state index contributed by atoms with van der Waals surface area (Å²) in [6.45, 7) is 2.05. The van der Waals surface area contributed by atoms with Gasteiger partial charge in [-0.25, -0.2) is 0 Å². The number of carbonyl (C=O) groups excluding carboxylic acids is 2. The van der Waals surface area contributed by atoms with E-state index in [1.807, 2.05) is 35.2 Å². The largest absolute Gasteiger partial charge is 0.356 e. The minimum atomic E-state index is 0.158. The highest BCUT2D eigenvalue weighted by molar-refractivity contribution is 5.79. The first-order valence-corrected chi connectivity index (χ1v) is 8.79. The summed E-state index contributed by atoms with van der Waals surface area (Å²) < 4.78 is 0. The number of nitrogens with zero attached hydrogens (tertiary/aromatic N) is 1. The number of hydrogen-bond acceptors (Lipinski definition) is 2. The predicted octanol–water partition coefficient (Wildman–Crippen LogP) is 2.73. The summed E-state index contributed by atoms with van der Waals surface area (Å²) in [5, 5.41) is 3.04. The van der Waals surface area contributed by atoms with Gasteiger partial charge in [-0.05, 0) is 24.3 Å². The van der Waals surface area contributed by atoms with Crippen LogP contribution in [0.1, 0.15) is 44.1 Å². The molecule has 124 valence electrons. The summed E-state index contributed by atoms with van der Waals surface area (Å²) in [6.07, 6.45) is 6.14. The molecule has 1 aromatic carbocycles. The van der Waals surface area contributed by atoms with Crippen molar-refractivity contribution < 1.29 is 9.59 Å². The highest BCUT2D eigenvalue weighted by Crippen LogP contribution is 2.27. The molecule has 0 bridgehead atoms. The molecule has 1 saturated heterocycles. The molecule has 1 aliphatic heterocycles. The Morgan fingerprint density at radius 3 is 2.61 bits per heavy atom. The number of rotatable bonds is 6. The summed E-state index contributed by atoms with van der Waals surface area (Å²) in [4.78, 5) is 26.0. The zero-order valence-electron chi connectivity index (χ0n) is 13.7. The number of likely N-dealkylation sites (tertiary alicyclic amines) is 1. The zero-order chi connectivity index (χ0) is 16.1. The van der Waals surface area contributed by atoms with Crippen molar-refractivity contribution in [3.8, 4) is 0 Å². The maximum atomic E-state index is 12.1. The summed E-state index contributed by atoms with van der Waals surface area (Å²) in [5.74, 6) is 1.18. The molecule has 1 atom stereocenters. The molecule has 1 saturated carbocycles. The lowest BCUT2D eigenvalue weighted by Gasteiger charge is -2.17. The van der Waals surface area contributed by atoms with Crippen molar-refractivity contribution in [2.75, 3.05) is 13.1 Å². The monoisotopic (exact) mass is 314 g/mol. The van der Waals surface area contributed by atoms with Crippen molar-refractivity contribution in [2.24, 2.45) is 11.8 Å². The van der Waals surface area contributed by atoms with E-state index in [-0.39, 0.29) is 17.7 Å². The molecule has 0 unspecified atom stereocenters. The maximum absolute atomic E-state index is 12.1. The topological polar surface area (TPSA) is 49.4 Å². The fourth-order valence-corrected chi connectivity index (χ4v) is 3.75. The first kappa shape index (κ1) is 16.0. The van der Waals surface area contributed by atoms with Gasteiger partial charge in [-0.1, -0.05) is 43.2 Å². The number of nitrogens with one attached hydrogen (secondary N) is 1. The standard InChI is InChI=1S/C19H26N2O2/c22-18(10-15-6-4-5-7-15)20-12-17-11-19(23)21(14-17)13-16-8-2-1-3-9-16/h1-3,8-9,15,17H,4-7,10-14H2,(H,20,22)/t17-/m1/s1. The van der Waals surface area contributed by atoms with Crippen LogP contribution in [0.25, 0.3) is 0 Å². The van der Waals surface area contributed by atoms with Crippen LogP contribution in [0.15, 0.2) is 30.3 Å². The van der Waals surface area contributed by atoms with Gasteiger partial charge >= 0.3 is 0 Å². The molecule has 1 heterocycles. The fourth-order valence-electron chi connectivity index (χ4n) is 3.75. The van der Waals surface area contributed by atoms with Crippen LogP contribution >= 0.6 is 0 Å². The van der Waals surface area contributed by atoms with Gasteiger partial charge < -0.3 is 10.2 Å². The first-order chi connectivity index (χ1) is 11.2. The Labute approximate surface area is 138 Å². The molecule has 4 nitrogen and oxygen atoms in total. The Hall–Kier alpha value is -1.84. The van der Waals surface area contributed by atoms with Gasteiger partial charge in [0.05, 0.1) is 0 Å². The Morgan fingerprint density at radius 1 is 1.13 bits per heavy atom. The SMILES string of the molecule is O=C(CC1CCCC1)NC[C@H]1CC(=O)N(Cc2ccccc2)C1. The maximum Gasteiger partial charge on any atom is 0.223 e. The molecule has 0 spiro atoms. The molecule has 23 heavy (non-hydrogen) atoms. The molecule has 2 aliphatic rings. The molecule has 1 aliphatic carbocycles. The molecule has 1 aromatic rings. The number of benzene rings is 1. The van der Waals surface area contributed by atoms with Crippen molar-refractivity contribution in [3.05, 3.63) is 35.9 Å². The molecule has 1 N–H and O–H groups in total. The van der Waals surface area contributed by atoms with Crippen LogP contribution in [0, 0.1) is 11.8 Å². The first-order valence-electron chi connectivity index (χ1n) is 8.79. The summed E-state index contributed by atoms with van der Waals surface area (Å²) in [6, 6.07) is 10.1. The quantitative estimate of drug-likeness (QED) is 0.878. The highest BCUT2D eigenvalue weighted by Gasteiger charge is 2.29. The third kappa shape index (κ3) is 4.57. The summed E-state index contributed by atoms with van der Waals surface area (Å²) >= 11 is 0. The van der Waals surface area contributed by atoms with Crippen LogP contribution in [-0.4, -0.2) is 29.8 Å². The molecular formula is C19H26N2O2. The van der Waals surface area contributed by atoms with E-state index in [1.165, 1.54) is 25.7 Å². The van der Waals surface area contributed by atoms with Crippen LogP contribution in [0.2, 0.25) is 0 Å². The van der Waals surface area contributed by atoms with Crippen LogP contribution in [-0.2, 0) is 16.1 Å². The van der Waals surface area contributed by atoms with Gasteiger partial charge in [-0.15, -0.1) is 0 Å². The Bertz CT molecular complexity index is 538. The Balaban J connectivity index is 1.41. The van der Waals surface area contributed by atoms with E-state index in [0.717, 1.165) is 12.1 Å². The van der Waals surface area contributed by atoms with Gasteiger partial charge in [0.15, 0.2) is 0 Å².